The smallest absolute Gasteiger partial charge is 0.296 e. The van der Waals surface area contributed by atoms with E-state index in [4.69, 9.17) is 0 Å². The van der Waals surface area contributed by atoms with Crippen molar-refractivity contribution in [1.82, 2.24) is 4.98 Å². The first kappa shape index (κ1) is 15.9. The number of hydrogen-bond donors (Lipinski definition) is 3. The molecule has 4 rings (SSSR count). The molecule has 1 fully saturated rings. The molecule has 0 saturated heterocycles. The Balaban J connectivity index is 1.67. The summed E-state index contributed by atoms with van der Waals surface area (Å²) in [4.78, 5) is 52.1. The van der Waals surface area contributed by atoms with Crippen molar-refractivity contribution in [3.8, 4) is 0 Å². The summed E-state index contributed by atoms with van der Waals surface area (Å²) in [5.41, 5.74) is 1.15. The van der Waals surface area contributed by atoms with Crippen molar-refractivity contribution in [1.29, 1.82) is 0 Å². The van der Waals surface area contributed by atoms with Gasteiger partial charge in [-0.1, -0.05) is 6.07 Å². The van der Waals surface area contributed by atoms with Gasteiger partial charge < -0.3 is 16.0 Å². The minimum atomic E-state index is -0.768. The van der Waals surface area contributed by atoms with Gasteiger partial charge in [0.1, 0.15) is 5.69 Å². The fraction of sp³-hybridized carbons (Fsp3) is 0.167. The van der Waals surface area contributed by atoms with Crippen LogP contribution in [0, 0.1) is 5.92 Å². The molecule has 130 valence electrons. The average molecular weight is 350 g/mol. The van der Waals surface area contributed by atoms with Crippen LogP contribution in [0.4, 0.5) is 17.1 Å². The van der Waals surface area contributed by atoms with Crippen molar-refractivity contribution >= 4 is 40.6 Å². The Labute approximate surface area is 148 Å². The van der Waals surface area contributed by atoms with E-state index in [0.29, 0.717) is 0 Å². The fourth-order valence-corrected chi connectivity index (χ4v) is 2.69. The number of anilines is 3. The molecule has 8 heteroatoms. The van der Waals surface area contributed by atoms with Crippen molar-refractivity contribution in [3.63, 3.8) is 0 Å². The number of nitrogens with zero attached hydrogens (tertiary/aromatic N) is 1. The van der Waals surface area contributed by atoms with E-state index in [1.165, 1.54) is 18.3 Å². The summed E-state index contributed by atoms with van der Waals surface area (Å²) < 4.78 is 0. The Bertz CT molecular complexity index is 951. The molecular weight excluding hydrogens is 336 g/mol. The minimum Gasteiger partial charge on any atom is -0.324 e. The minimum absolute atomic E-state index is 0.0507. The first-order valence-electron chi connectivity index (χ1n) is 8.10. The van der Waals surface area contributed by atoms with Gasteiger partial charge in [0, 0.05) is 17.8 Å². The van der Waals surface area contributed by atoms with Crippen LogP contribution in [0.25, 0.3) is 0 Å². The quantitative estimate of drug-likeness (QED) is 0.727. The zero-order valence-electron chi connectivity index (χ0n) is 13.5. The third-order valence-electron chi connectivity index (χ3n) is 4.19. The van der Waals surface area contributed by atoms with Crippen LogP contribution in [0.2, 0.25) is 0 Å². The molecule has 1 saturated carbocycles. The monoisotopic (exact) mass is 350 g/mol. The van der Waals surface area contributed by atoms with Gasteiger partial charge in [0.25, 0.3) is 17.6 Å². The van der Waals surface area contributed by atoms with Gasteiger partial charge >= 0.3 is 0 Å². The molecule has 8 nitrogen and oxygen atoms in total. The summed E-state index contributed by atoms with van der Waals surface area (Å²) >= 11 is 0. The Morgan fingerprint density at radius 2 is 1.92 bits per heavy atom. The van der Waals surface area contributed by atoms with Crippen molar-refractivity contribution < 1.29 is 19.2 Å². The highest BCUT2D eigenvalue weighted by atomic mass is 16.2. The van der Waals surface area contributed by atoms with Crippen molar-refractivity contribution in [2.45, 2.75) is 12.8 Å². The Morgan fingerprint density at radius 3 is 2.62 bits per heavy atom. The van der Waals surface area contributed by atoms with Crippen molar-refractivity contribution in [2.24, 2.45) is 5.92 Å². The first-order chi connectivity index (χ1) is 12.5. The highest BCUT2D eigenvalue weighted by Crippen LogP contribution is 2.37. The molecule has 0 unspecified atom stereocenters. The number of rotatable bonds is 4. The van der Waals surface area contributed by atoms with Crippen LogP contribution in [0.1, 0.15) is 33.7 Å². The summed E-state index contributed by atoms with van der Waals surface area (Å²) in [6, 6.07) is 7.84. The molecular formula is C18H14N4O4. The van der Waals surface area contributed by atoms with Gasteiger partial charge in [0.05, 0.1) is 16.9 Å². The number of ketones is 1. The standard InChI is InChI=1S/C18H14N4O4/c23-15-11-7-10(20-17(25)12-3-1-2-6-19-12)8-13(14(11)22-18(15)26)21-16(24)9-4-5-9/h1-3,6-9H,4-5H2,(H,20,25)(H,21,24)(H,22,23,26). The largest absolute Gasteiger partial charge is 0.324 e. The molecule has 2 aliphatic rings. The third kappa shape index (κ3) is 2.92. The number of fused-ring (bicyclic) bond motifs is 1. The molecule has 1 aliphatic heterocycles. The number of benzene rings is 1. The van der Waals surface area contributed by atoms with Gasteiger partial charge in [-0.3, -0.25) is 24.2 Å². The number of nitrogens with one attached hydrogen (secondary N) is 3. The second-order valence-electron chi connectivity index (χ2n) is 6.16. The second-order valence-corrected chi connectivity index (χ2v) is 6.16. The van der Waals surface area contributed by atoms with E-state index < -0.39 is 17.6 Å². The third-order valence-corrected chi connectivity index (χ3v) is 4.19. The summed E-state index contributed by atoms with van der Waals surface area (Å²) in [7, 11) is 0. The van der Waals surface area contributed by atoms with Gasteiger partial charge in [-0.2, -0.15) is 0 Å². The van der Waals surface area contributed by atoms with Crippen LogP contribution in [-0.2, 0) is 9.59 Å². The number of pyridine rings is 1. The van der Waals surface area contributed by atoms with Crippen LogP contribution >= 0.6 is 0 Å². The average Bonchev–Trinajstić information content (AvgIpc) is 3.44. The maximum absolute atomic E-state index is 12.3. The van der Waals surface area contributed by atoms with Crippen molar-refractivity contribution in [3.05, 3.63) is 47.8 Å². The van der Waals surface area contributed by atoms with Crippen LogP contribution < -0.4 is 16.0 Å². The Kier molecular flexibility index (Phi) is 3.72. The summed E-state index contributed by atoms with van der Waals surface area (Å²) in [6.45, 7) is 0. The molecule has 26 heavy (non-hydrogen) atoms. The highest BCUT2D eigenvalue weighted by Gasteiger charge is 2.34. The topological polar surface area (TPSA) is 117 Å². The van der Waals surface area contributed by atoms with Crippen LogP contribution in [0.15, 0.2) is 36.5 Å². The van der Waals surface area contributed by atoms with E-state index >= 15 is 0 Å². The van der Waals surface area contributed by atoms with E-state index in [1.54, 1.807) is 18.2 Å². The SMILES string of the molecule is O=C1Nc2c(NC(=O)C3CC3)cc(NC(=O)c3ccccn3)cc2C1=O. The lowest BCUT2D eigenvalue weighted by Crippen LogP contribution is -2.16. The molecule has 3 amide bonds. The Morgan fingerprint density at radius 1 is 1.12 bits per heavy atom. The van der Waals surface area contributed by atoms with Gasteiger partial charge in [-0.25, -0.2) is 0 Å². The molecule has 0 bridgehead atoms. The number of aromatic nitrogens is 1. The van der Waals surface area contributed by atoms with E-state index in [2.05, 4.69) is 20.9 Å². The predicted octanol–water partition coefficient (Wildman–Crippen LogP) is 1.82. The highest BCUT2D eigenvalue weighted by molar-refractivity contribution is 6.52. The van der Waals surface area contributed by atoms with Gasteiger partial charge in [0.15, 0.2) is 0 Å². The lowest BCUT2D eigenvalue weighted by Gasteiger charge is -2.13. The van der Waals surface area contributed by atoms with E-state index in [0.717, 1.165) is 12.8 Å². The van der Waals surface area contributed by atoms with E-state index in [-0.39, 0.29) is 40.1 Å². The number of amides is 3. The van der Waals surface area contributed by atoms with Crippen molar-refractivity contribution in [2.75, 3.05) is 16.0 Å². The van der Waals surface area contributed by atoms with E-state index in [9.17, 15) is 19.2 Å². The second kappa shape index (κ2) is 6.07. The maximum Gasteiger partial charge on any atom is 0.296 e. The van der Waals surface area contributed by atoms with Crippen LogP contribution in [0.5, 0.6) is 0 Å². The summed E-state index contributed by atoms with van der Waals surface area (Å²) in [6.07, 6.45) is 3.12. The molecule has 1 aromatic carbocycles. The van der Waals surface area contributed by atoms with E-state index in [1.807, 2.05) is 0 Å². The normalized spacial score (nSPS) is 15.2. The van der Waals surface area contributed by atoms with Gasteiger partial charge in [-0.15, -0.1) is 0 Å². The molecule has 2 heterocycles. The molecule has 3 N–H and O–H groups in total. The lowest BCUT2D eigenvalue weighted by atomic mass is 10.1. The number of carbonyl (C=O) groups excluding carboxylic acids is 4. The fourth-order valence-electron chi connectivity index (χ4n) is 2.69. The molecule has 0 radical (unpaired) electrons. The zero-order valence-corrected chi connectivity index (χ0v) is 13.5. The molecule has 2 aromatic rings. The summed E-state index contributed by atoms with van der Waals surface area (Å²) in [5.74, 6) is -2.17. The zero-order chi connectivity index (χ0) is 18.3. The van der Waals surface area contributed by atoms with Crippen LogP contribution in [0.3, 0.4) is 0 Å². The first-order valence-corrected chi connectivity index (χ1v) is 8.10. The Hall–Kier alpha value is -3.55. The predicted molar refractivity (Wildman–Crippen MR) is 92.9 cm³/mol. The van der Waals surface area contributed by atoms with Gasteiger partial charge in [-0.05, 0) is 37.1 Å². The summed E-state index contributed by atoms with van der Waals surface area (Å²) in [5, 5.41) is 7.83. The lowest BCUT2D eigenvalue weighted by molar-refractivity contribution is -0.117. The number of hydrogen-bond acceptors (Lipinski definition) is 5. The molecule has 1 aromatic heterocycles. The van der Waals surface area contributed by atoms with Gasteiger partial charge in [0.2, 0.25) is 5.91 Å². The number of Topliss-reactive ketones (excluding diaryl/α,β-unsaturated/α-hetero) is 1. The molecule has 0 atom stereocenters. The molecule has 0 spiro atoms. The van der Waals surface area contributed by atoms with Crippen LogP contribution in [-0.4, -0.2) is 28.5 Å². The number of carbonyl (C=O) groups is 4. The molecule has 1 aliphatic carbocycles. The maximum atomic E-state index is 12.3.